The third-order valence-electron chi connectivity index (χ3n) is 5.49. The summed E-state index contributed by atoms with van der Waals surface area (Å²) in [4.78, 5) is 28.0. The van der Waals surface area contributed by atoms with E-state index in [1.165, 1.54) is 11.1 Å². The maximum Gasteiger partial charge on any atom is 0.243 e. The average molecular weight is 496 g/mol. The molecule has 2 aromatic carbocycles. The van der Waals surface area contributed by atoms with E-state index in [0.717, 1.165) is 17.7 Å². The van der Waals surface area contributed by atoms with E-state index in [-0.39, 0.29) is 30.2 Å². The standard InChI is InChI=1S/C25H32Cl2N2O2S/c1-5-18(4)28-25(31)23(6-2)29(14-19-11-12-21(26)13-22(19)27)24(30)16-32-15-20-10-8-7-9-17(20)3/h7-13,18,23H,5-6,14-16H2,1-4H3,(H,28,31)/t18-,23+/m1/s1. The smallest absolute Gasteiger partial charge is 0.243 e. The molecule has 0 spiro atoms. The Bertz CT molecular complexity index is 923. The van der Waals surface area contributed by atoms with Crippen molar-refractivity contribution in [3.63, 3.8) is 0 Å². The van der Waals surface area contributed by atoms with Crippen molar-refractivity contribution in [1.29, 1.82) is 0 Å². The summed E-state index contributed by atoms with van der Waals surface area (Å²) in [7, 11) is 0. The molecule has 0 heterocycles. The monoisotopic (exact) mass is 494 g/mol. The van der Waals surface area contributed by atoms with Crippen LogP contribution in [0.3, 0.4) is 0 Å². The van der Waals surface area contributed by atoms with Crippen molar-refractivity contribution >= 4 is 46.8 Å². The second-order valence-electron chi connectivity index (χ2n) is 7.92. The third-order valence-corrected chi connectivity index (χ3v) is 7.04. The zero-order valence-electron chi connectivity index (χ0n) is 19.2. The number of hydrogen-bond donors (Lipinski definition) is 1. The molecule has 0 aliphatic heterocycles. The highest BCUT2D eigenvalue weighted by Crippen LogP contribution is 2.25. The van der Waals surface area contributed by atoms with Gasteiger partial charge >= 0.3 is 0 Å². The van der Waals surface area contributed by atoms with Gasteiger partial charge < -0.3 is 10.2 Å². The zero-order valence-corrected chi connectivity index (χ0v) is 21.5. The van der Waals surface area contributed by atoms with E-state index >= 15 is 0 Å². The highest BCUT2D eigenvalue weighted by atomic mass is 35.5. The normalized spacial score (nSPS) is 12.8. The number of benzene rings is 2. The molecule has 0 radical (unpaired) electrons. The predicted molar refractivity (Wildman–Crippen MR) is 136 cm³/mol. The van der Waals surface area contributed by atoms with Gasteiger partial charge in [-0.25, -0.2) is 0 Å². The van der Waals surface area contributed by atoms with Crippen molar-refractivity contribution in [2.75, 3.05) is 5.75 Å². The first-order valence-corrected chi connectivity index (χ1v) is 12.8. The number of halogens is 2. The molecule has 2 rings (SSSR count). The van der Waals surface area contributed by atoms with Crippen LogP contribution < -0.4 is 5.32 Å². The Kier molecular flexibility index (Phi) is 10.9. The van der Waals surface area contributed by atoms with Gasteiger partial charge in [0.25, 0.3) is 0 Å². The van der Waals surface area contributed by atoms with Gasteiger partial charge in [0, 0.05) is 28.4 Å². The Hall–Kier alpha value is -1.69. The van der Waals surface area contributed by atoms with Crippen LogP contribution in [-0.4, -0.2) is 34.6 Å². The molecule has 2 aromatic rings. The van der Waals surface area contributed by atoms with Gasteiger partial charge in [0.2, 0.25) is 11.8 Å². The van der Waals surface area contributed by atoms with Crippen molar-refractivity contribution in [3.05, 3.63) is 69.2 Å². The van der Waals surface area contributed by atoms with Gasteiger partial charge in [-0.3, -0.25) is 9.59 Å². The maximum absolute atomic E-state index is 13.3. The highest BCUT2D eigenvalue weighted by molar-refractivity contribution is 7.99. The number of aryl methyl sites for hydroxylation is 1. The molecular formula is C25H32Cl2N2O2S. The van der Waals surface area contributed by atoms with E-state index in [0.29, 0.717) is 16.5 Å². The number of hydrogen-bond acceptors (Lipinski definition) is 3. The third kappa shape index (κ3) is 7.72. The molecule has 0 aliphatic carbocycles. The number of rotatable bonds is 11. The summed E-state index contributed by atoms with van der Waals surface area (Å²) in [6.45, 7) is 8.23. The number of nitrogens with one attached hydrogen (secondary N) is 1. The average Bonchev–Trinajstić information content (AvgIpc) is 2.76. The number of amides is 2. The maximum atomic E-state index is 13.3. The number of thioether (sulfide) groups is 1. The largest absolute Gasteiger partial charge is 0.352 e. The molecule has 0 saturated carbocycles. The van der Waals surface area contributed by atoms with Crippen LogP contribution in [-0.2, 0) is 21.9 Å². The lowest BCUT2D eigenvalue weighted by Gasteiger charge is -2.31. The summed E-state index contributed by atoms with van der Waals surface area (Å²) in [6.07, 6.45) is 1.34. The second-order valence-corrected chi connectivity index (χ2v) is 9.75. The van der Waals surface area contributed by atoms with Crippen LogP contribution in [0.2, 0.25) is 10.0 Å². The van der Waals surface area contributed by atoms with E-state index in [9.17, 15) is 9.59 Å². The van der Waals surface area contributed by atoms with Crippen molar-refractivity contribution in [3.8, 4) is 0 Å². The van der Waals surface area contributed by atoms with Crippen LogP contribution in [0.1, 0.15) is 50.3 Å². The lowest BCUT2D eigenvalue weighted by Crippen LogP contribution is -2.51. The van der Waals surface area contributed by atoms with E-state index < -0.39 is 6.04 Å². The Morgan fingerprint density at radius 1 is 1.06 bits per heavy atom. The van der Waals surface area contributed by atoms with Gasteiger partial charge in [-0.05, 0) is 55.5 Å². The molecule has 4 nitrogen and oxygen atoms in total. The number of carbonyl (C=O) groups is 2. The quantitative estimate of drug-likeness (QED) is 0.401. The molecule has 0 saturated heterocycles. The van der Waals surface area contributed by atoms with Gasteiger partial charge in [-0.2, -0.15) is 0 Å². The van der Waals surface area contributed by atoms with Gasteiger partial charge in [0.1, 0.15) is 6.04 Å². The highest BCUT2D eigenvalue weighted by Gasteiger charge is 2.29. The Labute approximate surface area is 206 Å². The minimum Gasteiger partial charge on any atom is -0.352 e. The fraction of sp³-hybridized carbons (Fsp3) is 0.440. The summed E-state index contributed by atoms with van der Waals surface area (Å²) in [5.41, 5.74) is 3.18. The Morgan fingerprint density at radius 3 is 2.41 bits per heavy atom. The first-order valence-electron chi connectivity index (χ1n) is 10.9. The van der Waals surface area contributed by atoms with Crippen molar-refractivity contribution < 1.29 is 9.59 Å². The molecule has 1 N–H and O–H groups in total. The Morgan fingerprint density at radius 2 is 1.78 bits per heavy atom. The Balaban J connectivity index is 2.20. The van der Waals surface area contributed by atoms with Gasteiger partial charge in [-0.1, -0.05) is 67.4 Å². The molecule has 2 amide bonds. The van der Waals surface area contributed by atoms with Gasteiger partial charge in [-0.15, -0.1) is 11.8 Å². The summed E-state index contributed by atoms with van der Waals surface area (Å²) in [6, 6.07) is 12.9. The fourth-order valence-corrected chi connectivity index (χ4v) is 4.75. The predicted octanol–water partition coefficient (Wildman–Crippen LogP) is 6.26. The van der Waals surface area contributed by atoms with Crippen LogP contribution in [0.5, 0.6) is 0 Å². The summed E-state index contributed by atoms with van der Waals surface area (Å²) >= 11 is 14.0. The zero-order chi connectivity index (χ0) is 23.7. The first kappa shape index (κ1) is 26.6. The summed E-state index contributed by atoms with van der Waals surface area (Å²) < 4.78 is 0. The van der Waals surface area contributed by atoms with Crippen LogP contribution in [0.25, 0.3) is 0 Å². The van der Waals surface area contributed by atoms with E-state index in [1.807, 2.05) is 39.0 Å². The molecule has 174 valence electrons. The molecule has 0 unspecified atom stereocenters. The topological polar surface area (TPSA) is 49.4 Å². The SMILES string of the molecule is CC[C@@H](C)NC(=O)[C@H](CC)N(Cc1ccc(Cl)cc1Cl)C(=O)CSCc1ccccc1C. The lowest BCUT2D eigenvalue weighted by atomic mass is 10.1. The summed E-state index contributed by atoms with van der Waals surface area (Å²) in [5.74, 6) is 0.807. The molecule has 7 heteroatoms. The summed E-state index contributed by atoms with van der Waals surface area (Å²) in [5, 5.41) is 4.04. The van der Waals surface area contributed by atoms with Crippen LogP contribution in [0, 0.1) is 6.92 Å². The lowest BCUT2D eigenvalue weighted by molar-refractivity contribution is -0.139. The van der Waals surface area contributed by atoms with E-state index in [1.54, 1.807) is 28.8 Å². The minimum absolute atomic E-state index is 0.0445. The van der Waals surface area contributed by atoms with Crippen LogP contribution >= 0.6 is 35.0 Å². The molecule has 2 atom stereocenters. The molecular weight excluding hydrogens is 463 g/mol. The number of carbonyl (C=O) groups excluding carboxylic acids is 2. The van der Waals surface area contributed by atoms with E-state index in [2.05, 4.69) is 24.4 Å². The molecule has 0 bridgehead atoms. The minimum atomic E-state index is -0.567. The molecule has 0 aliphatic rings. The number of nitrogens with zero attached hydrogens (tertiary/aromatic N) is 1. The van der Waals surface area contributed by atoms with Gasteiger partial charge in [0.05, 0.1) is 5.75 Å². The second kappa shape index (κ2) is 13.1. The molecule has 32 heavy (non-hydrogen) atoms. The van der Waals surface area contributed by atoms with Crippen LogP contribution in [0.15, 0.2) is 42.5 Å². The molecule has 0 fully saturated rings. The van der Waals surface area contributed by atoms with Crippen molar-refractivity contribution in [2.24, 2.45) is 0 Å². The van der Waals surface area contributed by atoms with Crippen LogP contribution in [0.4, 0.5) is 0 Å². The van der Waals surface area contributed by atoms with Gasteiger partial charge in [0.15, 0.2) is 0 Å². The van der Waals surface area contributed by atoms with Crippen molar-refractivity contribution in [2.45, 2.75) is 64.9 Å². The fourth-order valence-electron chi connectivity index (χ4n) is 3.30. The van der Waals surface area contributed by atoms with Crippen molar-refractivity contribution in [1.82, 2.24) is 10.2 Å². The molecule has 0 aromatic heterocycles. The van der Waals surface area contributed by atoms with E-state index in [4.69, 9.17) is 23.2 Å². The first-order chi connectivity index (χ1) is 15.3.